The van der Waals surface area contributed by atoms with Crippen LogP contribution in [0.4, 0.5) is 0 Å². The van der Waals surface area contributed by atoms with Crippen LogP contribution in [0.15, 0.2) is 60.8 Å². The smallest absolute Gasteiger partial charge is 0.220 e. The van der Waals surface area contributed by atoms with E-state index in [1.807, 2.05) is 6.08 Å². The molecule has 9 N–H and O–H groups in total. The molecule has 14 heteroatoms. The Hall–Kier alpha value is -2.31. The molecule has 0 spiro atoms. The van der Waals surface area contributed by atoms with Crippen molar-refractivity contribution in [3.05, 3.63) is 60.8 Å². The molecule has 0 saturated carbocycles. The molecule has 1 amide bonds. The van der Waals surface area contributed by atoms with Gasteiger partial charge < -0.3 is 65.1 Å². The van der Waals surface area contributed by atoms with Gasteiger partial charge in [0.15, 0.2) is 12.6 Å². The lowest BCUT2D eigenvalue weighted by molar-refractivity contribution is -0.359. The minimum atomic E-state index is -1.79. The van der Waals surface area contributed by atoms with Crippen LogP contribution in [-0.2, 0) is 23.7 Å². The molecule has 2 heterocycles. The number of carbonyl (C=O) groups is 1. The largest absolute Gasteiger partial charge is 0.394 e. The summed E-state index contributed by atoms with van der Waals surface area (Å²) in [6, 6.07) is -0.936. The number of rotatable bonds is 56. The zero-order valence-corrected chi connectivity index (χ0v) is 53.1. The molecule has 2 fully saturated rings. The molecule has 2 aliphatic heterocycles. The molecular weight excluding hydrogens is 1060 g/mol. The van der Waals surface area contributed by atoms with E-state index in [4.69, 9.17) is 18.9 Å². The standard InChI is InChI=1S/C70H127NO13/c1-3-5-7-9-11-13-15-16-17-18-19-20-21-22-23-24-25-26-27-28-29-30-31-32-33-34-35-36-37-38-39-40-41-42-44-46-48-50-52-54-62(75)71-58(59(74)53-51-49-47-45-43-14-12-10-8-6-4-2)57-81-69-67(80)65(78)68(61(56-73)83-69)84-70-66(79)64(77)63(76)60(55-72)82-70/h8,10,15-16,18-19,43,45,51,53,58-61,63-70,72-74,76-80H,3-7,9,11-14,17,20-42,44,46-50,52,54-57H2,1-2H3,(H,71,75)/b10-8+,16-15-,19-18-,45-43+,53-51+. The molecule has 0 aromatic heterocycles. The first-order valence-corrected chi connectivity index (χ1v) is 34.5. The van der Waals surface area contributed by atoms with Crippen molar-refractivity contribution in [2.45, 2.75) is 357 Å². The van der Waals surface area contributed by atoms with Crippen molar-refractivity contribution in [2.75, 3.05) is 19.8 Å². The van der Waals surface area contributed by atoms with Gasteiger partial charge in [-0.05, 0) is 70.6 Å². The summed E-state index contributed by atoms with van der Waals surface area (Å²) in [4.78, 5) is 13.3. The summed E-state index contributed by atoms with van der Waals surface area (Å²) in [5.74, 6) is -0.252. The quantitative estimate of drug-likeness (QED) is 0.0204. The Morgan fingerprint density at radius 2 is 0.821 bits per heavy atom. The van der Waals surface area contributed by atoms with Crippen molar-refractivity contribution in [1.29, 1.82) is 0 Å². The van der Waals surface area contributed by atoms with Crippen molar-refractivity contribution < 1.29 is 64.6 Å². The molecule has 12 atom stereocenters. The Balaban J connectivity index is 1.53. The maximum absolute atomic E-state index is 13.3. The van der Waals surface area contributed by atoms with E-state index in [2.05, 4.69) is 67.8 Å². The minimum Gasteiger partial charge on any atom is -0.394 e. The van der Waals surface area contributed by atoms with Crippen LogP contribution in [0.3, 0.4) is 0 Å². The van der Waals surface area contributed by atoms with Gasteiger partial charge in [-0.25, -0.2) is 0 Å². The molecule has 0 radical (unpaired) electrons. The lowest BCUT2D eigenvalue weighted by atomic mass is 9.97. The van der Waals surface area contributed by atoms with E-state index < -0.39 is 86.8 Å². The van der Waals surface area contributed by atoms with Gasteiger partial charge in [0.1, 0.15) is 48.8 Å². The zero-order chi connectivity index (χ0) is 60.9. The van der Waals surface area contributed by atoms with E-state index >= 15 is 0 Å². The van der Waals surface area contributed by atoms with Crippen molar-refractivity contribution in [3.63, 3.8) is 0 Å². The fourth-order valence-corrected chi connectivity index (χ4v) is 11.1. The number of hydrogen-bond acceptors (Lipinski definition) is 13. The number of aliphatic hydroxyl groups excluding tert-OH is 8. The molecule has 0 aliphatic carbocycles. The zero-order valence-electron chi connectivity index (χ0n) is 53.1. The van der Waals surface area contributed by atoms with Gasteiger partial charge in [0.2, 0.25) is 5.91 Å². The van der Waals surface area contributed by atoms with Gasteiger partial charge in [0.25, 0.3) is 0 Å². The maximum atomic E-state index is 13.3. The fraction of sp³-hybridized carbons (Fsp3) is 0.843. The van der Waals surface area contributed by atoms with E-state index in [1.54, 1.807) is 6.08 Å². The number of hydrogen-bond donors (Lipinski definition) is 9. The van der Waals surface area contributed by atoms with E-state index in [0.717, 1.165) is 57.8 Å². The van der Waals surface area contributed by atoms with Crippen molar-refractivity contribution >= 4 is 5.91 Å². The molecule has 490 valence electrons. The molecule has 2 saturated heterocycles. The highest BCUT2D eigenvalue weighted by Crippen LogP contribution is 2.30. The monoisotopic (exact) mass is 1190 g/mol. The molecule has 2 aliphatic rings. The number of ether oxygens (including phenoxy) is 4. The normalized spacial score (nSPS) is 24.0. The Morgan fingerprint density at radius 3 is 1.27 bits per heavy atom. The summed E-state index contributed by atoms with van der Waals surface area (Å²) >= 11 is 0. The first-order chi connectivity index (χ1) is 41.1. The SMILES string of the molecule is CCC/C=C/CC/C=C/CC/C=C/C(O)C(COC1OC(CO)C(OC2OC(CO)C(O)C(O)C2O)C(O)C1O)NC(=O)CCCCCCCCCCCCCCCCCCCCCCCCCCCCC/C=C\C/C=C\CCCCCCC. The molecule has 84 heavy (non-hydrogen) atoms. The Morgan fingerprint density at radius 1 is 0.429 bits per heavy atom. The maximum Gasteiger partial charge on any atom is 0.220 e. The average molecular weight is 1190 g/mol. The van der Waals surface area contributed by atoms with E-state index in [0.29, 0.717) is 12.8 Å². The number of aliphatic hydroxyl groups is 8. The van der Waals surface area contributed by atoms with E-state index in [9.17, 15) is 45.6 Å². The molecule has 14 nitrogen and oxygen atoms in total. The van der Waals surface area contributed by atoms with Crippen LogP contribution in [-0.4, -0.2) is 140 Å². The first kappa shape index (κ1) is 77.8. The summed E-state index contributed by atoms with van der Waals surface area (Å²) in [6.07, 6.45) is 56.2. The van der Waals surface area contributed by atoms with Gasteiger partial charge >= 0.3 is 0 Å². The highest BCUT2D eigenvalue weighted by Gasteiger charge is 2.51. The summed E-state index contributed by atoms with van der Waals surface area (Å²) in [7, 11) is 0. The number of carbonyl (C=O) groups excluding carboxylic acids is 1. The lowest BCUT2D eigenvalue weighted by Gasteiger charge is -2.46. The van der Waals surface area contributed by atoms with Crippen LogP contribution in [0.25, 0.3) is 0 Å². The summed E-state index contributed by atoms with van der Waals surface area (Å²) in [5.41, 5.74) is 0. The third-order valence-electron chi connectivity index (χ3n) is 16.6. The predicted octanol–water partition coefficient (Wildman–Crippen LogP) is 13.7. The second-order valence-corrected chi connectivity index (χ2v) is 24.3. The topological polar surface area (TPSA) is 228 Å². The van der Waals surface area contributed by atoms with Crippen LogP contribution in [0.1, 0.15) is 284 Å². The Bertz CT molecular complexity index is 1640. The second-order valence-electron chi connectivity index (χ2n) is 24.3. The highest BCUT2D eigenvalue weighted by atomic mass is 16.7. The molecule has 12 unspecified atom stereocenters. The number of allylic oxidation sites excluding steroid dienone is 9. The van der Waals surface area contributed by atoms with Crippen molar-refractivity contribution in [2.24, 2.45) is 0 Å². The third kappa shape index (κ3) is 38.9. The Labute approximate surface area is 511 Å². The second kappa shape index (κ2) is 54.8. The fourth-order valence-electron chi connectivity index (χ4n) is 11.1. The lowest BCUT2D eigenvalue weighted by Crippen LogP contribution is -2.65. The third-order valence-corrected chi connectivity index (χ3v) is 16.6. The Kier molecular flexibility index (Phi) is 50.8. The predicted molar refractivity (Wildman–Crippen MR) is 341 cm³/mol. The van der Waals surface area contributed by atoms with E-state index in [-0.39, 0.29) is 18.9 Å². The summed E-state index contributed by atoms with van der Waals surface area (Å²) in [6.45, 7) is 2.69. The van der Waals surface area contributed by atoms with Crippen LogP contribution in [0.5, 0.6) is 0 Å². The van der Waals surface area contributed by atoms with Crippen molar-refractivity contribution in [3.8, 4) is 0 Å². The van der Waals surface area contributed by atoms with Crippen LogP contribution >= 0.6 is 0 Å². The average Bonchev–Trinajstić information content (AvgIpc) is 2.32. The van der Waals surface area contributed by atoms with E-state index in [1.165, 1.54) is 193 Å². The van der Waals surface area contributed by atoms with Gasteiger partial charge in [-0.2, -0.15) is 0 Å². The van der Waals surface area contributed by atoms with Gasteiger partial charge in [0.05, 0.1) is 32.0 Å². The molecule has 0 bridgehead atoms. The molecule has 2 rings (SSSR count). The number of nitrogens with one attached hydrogen (secondary N) is 1. The highest BCUT2D eigenvalue weighted by molar-refractivity contribution is 5.76. The van der Waals surface area contributed by atoms with Gasteiger partial charge in [-0.15, -0.1) is 0 Å². The summed E-state index contributed by atoms with van der Waals surface area (Å²) in [5, 5.41) is 87.0. The molecule has 0 aromatic rings. The number of amides is 1. The number of unbranched alkanes of at least 4 members (excludes halogenated alkanes) is 35. The van der Waals surface area contributed by atoms with Crippen LogP contribution < -0.4 is 5.32 Å². The van der Waals surface area contributed by atoms with Gasteiger partial charge in [-0.3, -0.25) is 4.79 Å². The first-order valence-electron chi connectivity index (χ1n) is 34.5. The molecular formula is C70H127NO13. The van der Waals surface area contributed by atoms with Crippen LogP contribution in [0.2, 0.25) is 0 Å². The summed E-state index contributed by atoms with van der Waals surface area (Å²) < 4.78 is 22.7. The van der Waals surface area contributed by atoms with Crippen molar-refractivity contribution in [1.82, 2.24) is 5.32 Å². The van der Waals surface area contributed by atoms with Gasteiger partial charge in [-0.1, -0.05) is 267 Å². The van der Waals surface area contributed by atoms with Crippen LogP contribution in [0, 0.1) is 0 Å². The minimum absolute atomic E-state index is 0.252. The van der Waals surface area contributed by atoms with Gasteiger partial charge in [0, 0.05) is 6.42 Å². The molecule has 0 aromatic carbocycles.